The van der Waals surface area contributed by atoms with Gasteiger partial charge in [-0.15, -0.1) is 0 Å². The average Bonchev–Trinajstić information content (AvgIpc) is 3.41. The van der Waals surface area contributed by atoms with Gasteiger partial charge in [-0.25, -0.2) is 0 Å². The van der Waals surface area contributed by atoms with Crippen LogP contribution >= 0.6 is 0 Å². The first-order valence-corrected chi connectivity index (χ1v) is 8.46. The van der Waals surface area contributed by atoms with Crippen LogP contribution in [0.15, 0.2) is 59.6 Å². The SMILES string of the molecule is CN=C(NCCc1ccccc1OC)NC1CC1c1ccccc1. The molecule has 0 spiro atoms. The van der Waals surface area contributed by atoms with Crippen LogP contribution in [-0.2, 0) is 6.42 Å². The first-order chi connectivity index (χ1) is 11.8. The standard InChI is InChI=1S/C20H25N3O/c1-21-20(22-13-12-16-10-6-7-11-19(16)24-2)23-18-14-17(18)15-8-4-3-5-9-15/h3-11,17-18H,12-14H2,1-2H3,(H2,21,22,23). The summed E-state index contributed by atoms with van der Waals surface area (Å²) >= 11 is 0. The minimum Gasteiger partial charge on any atom is -0.496 e. The van der Waals surface area contributed by atoms with Crippen molar-refractivity contribution in [3.05, 3.63) is 65.7 Å². The molecule has 2 atom stereocenters. The normalized spacial score (nSPS) is 19.7. The van der Waals surface area contributed by atoms with E-state index in [0.29, 0.717) is 12.0 Å². The monoisotopic (exact) mass is 323 g/mol. The Morgan fingerprint density at radius 1 is 1.12 bits per heavy atom. The number of hydrogen-bond acceptors (Lipinski definition) is 2. The molecule has 4 heteroatoms. The Bertz CT molecular complexity index is 684. The summed E-state index contributed by atoms with van der Waals surface area (Å²) in [6.45, 7) is 0.822. The molecule has 1 fully saturated rings. The van der Waals surface area contributed by atoms with Gasteiger partial charge in [-0.1, -0.05) is 48.5 Å². The second kappa shape index (κ2) is 7.86. The highest BCUT2D eigenvalue weighted by Crippen LogP contribution is 2.40. The van der Waals surface area contributed by atoms with Crippen LogP contribution in [0.3, 0.4) is 0 Å². The van der Waals surface area contributed by atoms with Crippen molar-refractivity contribution in [2.24, 2.45) is 4.99 Å². The lowest BCUT2D eigenvalue weighted by molar-refractivity contribution is 0.409. The Balaban J connectivity index is 1.46. The van der Waals surface area contributed by atoms with Gasteiger partial charge in [-0.2, -0.15) is 0 Å². The van der Waals surface area contributed by atoms with E-state index in [0.717, 1.165) is 31.1 Å². The van der Waals surface area contributed by atoms with E-state index < -0.39 is 0 Å². The molecule has 2 N–H and O–H groups in total. The van der Waals surface area contributed by atoms with E-state index in [9.17, 15) is 0 Å². The lowest BCUT2D eigenvalue weighted by Gasteiger charge is -2.13. The third kappa shape index (κ3) is 4.07. The third-order valence-electron chi connectivity index (χ3n) is 4.44. The van der Waals surface area contributed by atoms with Gasteiger partial charge in [0.25, 0.3) is 0 Å². The Labute approximate surface area is 144 Å². The van der Waals surface area contributed by atoms with Gasteiger partial charge >= 0.3 is 0 Å². The third-order valence-corrected chi connectivity index (χ3v) is 4.44. The van der Waals surface area contributed by atoms with E-state index >= 15 is 0 Å². The van der Waals surface area contributed by atoms with Crippen molar-refractivity contribution in [2.45, 2.75) is 24.8 Å². The number of hydrogen-bond donors (Lipinski definition) is 2. The van der Waals surface area contributed by atoms with Crippen LogP contribution in [0, 0.1) is 0 Å². The first kappa shape index (κ1) is 16.4. The van der Waals surface area contributed by atoms with Crippen LogP contribution in [0.25, 0.3) is 0 Å². The van der Waals surface area contributed by atoms with Crippen LogP contribution in [0.4, 0.5) is 0 Å². The van der Waals surface area contributed by atoms with Crippen LogP contribution in [0.5, 0.6) is 5.75 Å². The summed E-state index contributed by atoms with van der Waals surface area (Å²) in [5.74, 6) is 2.40. The van der Waals surface area contributed by atoms with Gasteiger partial charge in [0.15, 0.2) is 5.96 Å². The highest BCUT2D eigenvalue weighted by Gasteiger charge is 2.38. The molecule has 0 aliphatic heterocycles. The van der Waals surface area contributed by atoms with E-state index in [1.807, 2.05) is 25.2 Å². The summed E-state index contributed by atoms with van der Waals surface area (Å²) in [6.07, 6.45) is 2.06. The van der Waals surface area contributed by atoms with Crippen molar-refractivity contribution in [2.75, 3.05) is 20.7 Å². The summed E-state index contributed by atoms with van der Waals surface area (Å²) in [5.41, 5.74) is 2.61. The van der Waals surface area contributed by atoms with E-state index in [4.69, 9.17) is 4.74 Å². The number of aliphatic imine (C=N–C) groups is 1. The smallest absolute Gasteiger partial charge is 0.191 e. The predicted molar refractivity (Wildman–Crippen MR) is 98.8 cm³/mol. The molecule has 0 heterocycles. The quantitative estimate of drug-likeness (QED) is 0.635. The second-order valence-electron chi connectivity index (χ2n) is 6.06. The average molecular weight is 323 g/mol. The fourth-order valence-corrected chi connectivity index (χ4v) is 3.02. The Kier molecular flexibility index (Phi) is 5.36. The summed E-state index contributed by atoms with van der Waals surface area (Å²) in [5, 5.41) is 6.91. The largest absolute Gasteiger partial charge is 0.496 e. The molecule has 0 radical (unpaired) electrons. The van der Waals surface area contributed by atoms with E-state index in [1.54, 1.807) is 7.11 Å². The van der Waals surface area contributed by atoms with Crippen molar-refractivity contribution in [1.29, 1.82) is 0 Å². The Hall–Kier alpha value is -2.49. The fraction of sp³-hybridized carbons (Fsp3) is 0.350. The minimum absolute atomic E-state index is 0.477. The number of benzene rings is 2. The number of nitrogens with zero attached hydrogens (tertiary/aromatic N) is 1. The molecule has 24 heavy (non-hydrogen) atoms. The van der Waals surface area contributed by atoms with Gasteiger partial charge in [-0.05, 0) is 30.0 Å². The molecule has 3 rings (SSSR count). The topological polar surface area (TPSA) is 45.7 Å². The zero-order valence-corrected chi connectivity index (χ0v) is 14.3. The van der Waals surface area contributed by atoms with Crippen molar-refractivity contribution < 1.29 is 4.74 Å². The predicted octanol–water partition coefficient (Wildman–Crippen LogP) is 2.96. The summed E-state index contributed by atoms with van der Waals surface area (Å²) in [4.78, 5) is 4.33. The number of guanidine groups is 1. The summed E-state index contributed by atoms with van der Waals surface area (Å²) < 4.78 is 5.39. The number of methoxy groups -OCH3 is 1. The lowest BCUT2D eigenvalue weighted by atomic mass is 10.1. The Morgan fingerprint density at radius 2 is 1.88 bits per heavy atom. The van der Waals surface area contributed by atoms with E-state index in [1.165, 1.54) is 11.1 Å². The maximum atomic E-state index is 5.39. The lowest BCUT2D eigenvalue weighted by Crippen LogP contribution is -2.39. The van der Waals surface area contributed by atoms with E-state index in [-0.39, 0.29) is 0 Å². The molecular formula is C20H25N3O. The molecule has 0 saturated heterocycles. The highest BCUT2D eigenvalue weighted by molar-refractivity contribution is 5.80. The van der Waals surface area contributed by atoms with E-state index in [2.05, 4.69) is 52.0 Å². The molecule has 1 saturated carbocycles. The highest BCUT2D eigenvalue weighted by atomic mass is 16.5. The molecule has 0 aromatic heterocycles. The van der Waals surface area contributed by atoms with Crippen molar-refractivity contribution >= 4 is 5.96 Å². The molecule has 1 aliphatic carbocycles. The zero-order valence-electron chi connectivity index (χ0n) is 14.3. The number of para-hydroxylation sites is 1. The molecule has 2 aromatic rings. The van der Waals surface area contributed by atoms with Gasteiger partial charge in [-0.3, -0.25) is 4.99 Å². The number of rotatable bonds is 6. The molecule has 1 aliphatic rings. The molecule has 2 unspecified atom stereocenters. The first-order valence-electron chi connectivity index (χ1n) is 8.46. The van der Waals surface area contributed by atoms with Crippen molar-refractivity contribution in [3.63, 3.8) is 0 Å². The molecule has 4 nitrogen and oxygen atoms in total. The fourth-order valence-electron chi connectivity index (χ4n) is 3.02. The Morgan fingerprint density at radius 3 is 2.62 bits per heavy atom. The number of ether oxygens (including phenoxy) is 1. The molecule has 126 valence electrons. The molecule has 0 bridgehead atoms. The molecule has 2 aromatic carbocycles. The maximum absolute atomic E-state index is 5.39. The number of nitrogens with one attached hydrogen (secondary N) is 2. The maximum Gasteiger partial charge on any atom is 0.191 e. The molecular weight excluding hydrogens is 298 g/mol. The van der Waals surface area contributed by atoms with Gasteiger partial charge < -0.3 is 15.4 Å². The van der Waals surface area contributed by atoms with Crippen LogP contribution in [0.1, 0.15) is 23.5 Å². The minimum atomic E-state index is 0.477. The summed E-state index contributed by atoms with van der Waals surface area (Å²) in [7, 11) is 3.53. The van der Waals surface area contributed by atoms with Crippen LogP contribution in [-0.4, -0.2) is 32.7 Å². The second-order valence-corrected chi connectivity index (χ2v) is 6.06. The summed E-state index contributed by atoms with van der Waals surface area (Å²) in [6, 6.07) is 19.3. The van der Waals surface area contributed by atoms with Crippen molar-refractivity contribution in [3.8, 4) is 5.75 Å². The van der Waals surface area contributed by atoms with Gasteiger partial charge in [0.1, 0.15) is 5.75 Å². The van der Waals surface area contributed by atoms with Crippen molar-refractivity contribution in [1.82, 2.24) is 10.6 Å². The van der Waals surface area contributed by atoms with Crippen LogP contribution in [0.2, 0.25) is 0 Å². The van der Waals surface area contributed by atoms with Gasteiger partial charge in [0.2, 0.25) is 0 Å². The molecule has 0 amide bonds. The van der Waals surface area contributed by atoms with Crippen LogP contribution < -0.4 is 15.4 Å². The van der Waals surface area contributed by atoms with Gasteiger partial charge in [0.05, 0.1) is 7.11 Å². The zero-order chi connectivity index (χ0) is 16.8. The van der Waals surface area contributed by atoms with Gasteiger partial charge in [0, 0.05) is 25.6 Å².